The number of benzene rings is 3. The van der Waals surface area contributed by atoms with E-state index in [1.165, 1.54) is 37.5 Å². The quantitative estimate of drug-likeness (QED) is 0.468. The second-order valence-corrected chi connectivity index (χ2v) is 7.01. The van der Waals surface area contributed by atoms with Crippen LogP contribution in [0, 0.1) is 5.82 Å². The van der Waals surface area contributed by atoms with Crippen molar-refractivity contribution in [2.24, 2.45) is 0 Å². The summed E-state index contributed by atoms with van der Waals surface area (Å²) in [6.07, 6.45) is 3.00. The summed E-state index contributed by atoms with van der Waals surface area (Å²) in [5.74, 6) is -0.230. The van der Waals surface area contributed by atoms with Gasteiger partial charge in [-0.15, -0.1) is 0 Å². The molecule has 3 rings (SSSR count). The fourth-order valence-corrected chi connectivity index (χ4v) is 3.01. The van der Waals surface area contributed by atoms with Crippen molar-refractivity contribution in [2.45, 2.75) is 0 Å². The number of carbonyl (C=O) groups excluding carboxylic acids is 2. The van der Waals surface area contributed by atoms with Crippen molar-refractivity contribution < 1.29 is 23.5 Å². The Kier molecular flexibility index (Phi) is 7.46. The van der Waals surface area contributed by atoms with Crippen LogP contribution < -0.4 is 20.1 Å². The molecule has 32 heavy (non-hydrogen) atoms. The van der Waals surface area contributed by atoms with Gasteiger partial charge < -0.3 is 20.1 Å². The number of halogens is 2. The number of nitrogens with one attached hydrogen (secondary N) is 2. The van der Waals surface area contributed by atoms with E-state index in [0.717, 1.165) is 5.56 Å². The highest BCUT2D eigenvalue weighted by Crippen LogP contribution is 2.28. The Morgan fingerprint density at radius 3 is 2.38 bits per heavy atom. The molecule has 0 aliphatic heterocycles. The van der Waals surface area contributed by atoms with E-state index in [-0.39, 0.29) is 10.9 Å². The highest BCUT2D eigenvalue weighted by atomic mass is 35.5. The molecule has 0 aliphatic rings. The van der Waals surface area contributed by atoms with Gasteiger partial charge >= 0.3 is 0 Å². The highest BCUT2D eigenvalue weighted by molar-refractivity contribution is 6.31. The molecule has 2 N–H and O–H groups in total. The molecule has 6 nitrogen and oxygen atoms in total. The summed E-state index contributed by atoms with van der Waals surface area (Å²) in [6.45, 7) is 0. The van der Waals surface area contributed by atoms with E-state index in [2.05, 4.69) is 10.6 Å². The average molecular weight is 455 g/mol. The maximum Gasteiger partial charge on any atom is 0.255 e. The Hall–Kier alpha value is -3.84. The van der Waals surface area contributed by atoms with Crippen LogP contribution in [0.2, 0.25) is 5.02 Å². The van der Waals surface area contributed by atoms with Gasteiger partial charge in [0.05, 0.1) is 19.2 Å². The summed E-state index contributed by atoms with van der Waals surface area (Å²) < 4.78 is 23.7. The Labute approximate surface area is 189 Å². The normalized spacial score (nSPS) is 10.6. The zero-order chi connectivity index (χ0) is 23.1. The van der Waals surface area contributed by atoms with Gasteiger partial charge in [0.25, 0.3) is 5.91 Å². The molecule has 164 valence electrons. The molecule has 0 unspecified atom stereocenters. The second kappa shape index (κ2) is 10.5. The molecule has 0 atom stereocenters. The van der Waals surface area contributed by atoms with Gasteiger partial charge in [0.15, 0.2) is 11.5 Å². The number of amides is 2. The molecule has 3 aromatic rings. The minimum atomic E-state index is -0.574. The molecule has 8 heteroatoms. The van der Waals surface area contributed by atoms with Crippen molar-refractivity contribution >= 4 is 40.9 Å². The molecule has 0 aromatic heterocycles. The lowest BCUT2D eigenvalue weighted by molar-refractivity contribution is -0.111. The molecule has 0 fully saturated rings. The average Bonchev–Trinajstić information content (AvgIpc) is 2.80. The molecular weight excluding hydrogens is 435 g/mol. The molecule has 0 aliphatic carbocycles. The Morgan fingerprint density at radius 1 is 0.906 bits per heavy atom. The van der Waals surface area contributed by atoms with Crippen molar-refractivity contribution in [3.8, 4) is 11.5 Å². The lowest BCUT2D eigenvalue weighted by Crippen LogP contribution is -2.13. The number of rotatable bonds is 7. The predicted octanol–water partition coefficient (Wildman–Crippen LogP) is 5.40. The number of carbonyl (C=O) groups is 2. The molecule has 2 amide bonds. The van der Waals surface area contributed by atoms with Crippen LogP contribution in [0.1, 0.15) is 15.9 Å². The first-order chi connectivity index (χ1) is 15.4. The maximum atomic E-state index is 13.3. The topological polar surface area (TPSA) is 76.7 Å². The molecule has 0 saturated carbocycles. The first-order valence-corrected chi connectivity index (χ1v) is 9.85. The fourth-order valence-electron chi connectivity index (χ4n) is 2.83. The lowest BCUT2D eigenvalue weighted by atomic mass is 10.1. The van der Waals surface area contributed by atoms with E-state index in [9.17, 15) is 14.0 Å². The SMILES string of the molecule is COc1ccc(/C=C/C(=O)Nc2cccc(C(=O)Nc3ccc(F)c(Cl)c3)c2)cc1OC. The van der Waals surface area contributed by atoms with Crippen LogP contribution >= 0.6 is 11.6 Å². The van der Waals surface area contributed by atoms with Gasteiger partial charge in [-0.25, -0.2) is 4.39 Å². The molecule has 0 spiro atoms. The van der Waals surface area contributed by atoms with Crippen LogP contribution in [0.5, 0.6) is 11.5 Å². The van der Waals surface area contributed by atoms with Gasteiger partial charge in [0.2, 0.25) is 5.91 Å². The van der Waals surface area contributed by atoms with Crippen molar-refractivity contribution in [3.63, 3.8) is 0 Å². The summed E-state index contributed by atoms with van der Waals surface area (Å²) in [5, 5.41) is 5.25. The first kappa shape index (κ1) is 22.8. The van der Waals surface area contributed by atoms with Crippen molar-refractivity contribution in [2.75, 3.05) is 24.9 Å². The van der Waals surface area contributed by atoms with Crippen LogP contribution in [0.4, 0.5) is 15.8 Å². The molecule has 0 radical (unpaired) electrons. The summed E-state index contributed by atoms with van der Waals surface area (Å²) in [7, 11) is 3.08. The minimum Gasteiger partial charge on any atom is -0.493 e. The molecule has 0 heterocycles. The summed E-state index contributed by atoms with van der Waals surface area (Å²) in [4.78, 5) is 24.8. The van der Waals surface area contributed by atoms with E-state index in [0.29, 0.717) is 28.4 Å². The second-order valence-electron chi connectivity index (χ2n) is 6.60. The van der Waals surface area contributed by atoms with Crippen LogP contribution in [-0.2, 0) is 4.79 Å². The smallest absolute Gasteiger partial charge is 0.255 e. The first-order valence-electron chi connectivity index (χ1n) is 9.47. The van der Waals surface area contributed by atoms with Gasteiger partial charge in [-0.05, 0) is 60.2 Å². The molecular formula is C24H20ClFN2O4. The number of ether oxygens (including phenoxy) is 2. The van der Waals surface area contributed by atoms with Crippen LogP contribution in [-0.4, -0.2) is 26.0 Å². The number of hydrogen-bond donors (Lipinski definition) is 2. The summed E-state index contributed by atoms with van der Waals surface area (Å²) >= 11 is 5.74. The third-order valence-corrected chi connectivity index (χ3v) is 4.69. The van der Waals surface area contributed by atoms with Gasteiger partial charge in [0.1, 0.15) is 5.82 Å². The van der Waals surface area contributed by atoms with Gasteiger partial charge in [0, 0.05) is 23.0 Å². The third-order valence-electron chi connectivity index (χ3n) is 4.40. The van der Waals surface area contributed by atoms with E-state index in [4.69, 9.17) is 21.1 Å². The standard InChI is InChI=1S/C24H20ClFN2O4/c1-31-21-10-6-15(12-22(21)32-2)7-11-23(29)27-17-5-3-4-16(13-17)24(30)28-18-8-9-20(26)19(25)14-18/h3-14H,1-2H3,(H,27,29)(H,28,30)/b11-7+. The van der Waals surface area contributed by atoms with Gasteiger partial charge in [-0.3, -0.25) is 9.59 Å². The van der Waals surface area contributed by atoms with Crippen molar-refractivity contribution in [1.82, 2.24) is 0 Å². The van der Waals surface area contributed by atoms with Gasteiger partial charge in [-0.1, -0.05) is 23.7 Å². The van der Waals surface area contributed by atoms with E-state index in [1.54, 1.807) is 49.6 Å². The highest BCUT2D eigenvalue weighted by Gasteiger charge is 2.09. The Balaban J connectivity index is 1.66. The summed E-state index contributed by atoms with van der Waals surface area (Å²) in [5.41, 5.74) is 1.86. The summed E-state index contributed by atoms with van der Waals surface area (Å²) in [6, 6.07) is 15.6. The van der Waals surface area contributed by atoms with E-state index in [1.807, 2.05) is 0 Å². The van der Waals surface area contributed by atoms with Crippen molar-refractivity contribution in [3.05, 3.63) is 88.7 Å². The number of methoxy groups -OCH3 is 2. The monoisotopic (exact) mass is 454 g/mol. The molecule has 0 bridgehead atoms. The molecule has 3 aromatic carbocycles. The predicted molar refractivity (Wildman–Crippen MR) is 123 cm³/mol. The zero-order valence-corrected chi connectivity index (χ0v) is 18.1. The van der Waals surface area contributed by atoms with E-state index >= 15 is 0 Å². The van der Waals surface area contributed by atoms with Crippen LogP contribution in [0.15, 0.2) is 66.7 Å². The minimum absolute atomic E-state index is 0.0925. The zero-order valence-electron chi connectivity index (χ0n) is 17.3. The van der Waals surface area contributed by atoms with Crippen molar-refractivity contribution in [1.29, 1.82) is 0 Å². The Morgan fingerprint density at radius 2 is 1.66 bits per heavy atom. The van der Waals surface area contributed by atoms with Crippen LogP contribution in [0.25, 0.3) is 6.08 Å². The third kappa shape index (κ3) is 5.86. The largest absolute Gasteiger partial charge is 0.493 e. The molecule has 0 saturated heterocycles. The van der Waals surface area contributed by atoms with E-state index < -0.39 is 11.7 Å². The number of anilines is 2. The maximum absolute atomic E-state index is 13.3. The van der Waals surface area contributed by atoms with Gasteiger partial charge in [-0.2, -0.15) is 0 Å². The number of hydrogen-bond acceptors (Lipinski definition) is 4. The fraction of sp³-hybridized carbons (Fsp3) is 0.0833. The van der Waals surface area contributed by atoms with Crippen LogP contribution in [0.3, 0.4) is 0 Å². The lowest BCUT2D eigenvalue weighted by Gasteiger charge is -2.08. The Bertz CT molecular complexity index is 1180.